The maximum Gasteiger partial charge on any atom is 0.0856 e. The van der Waals surface area contributed by atoms with Gasteiger partial charge in [-0.2, -0.15) is 5.10 Å². The molecule has 1 fully saturated rings. The lowest BCUT2D eigenvalue weighted by Gasteiger charge is -2.36. The number of hydrogen-bond acceptors (Lipinski definition) is 2. The third-order valence-corrected chi connectivity index (χ3v) is 5.71. The number of rotatable bonds is 2. The summed E-state index contributed by atoms with van der Waals surface area (Å²) in [6.45, 7) is 4.68. The lowest BCUT2D eigenvalue weighted by Crippen LogP contribution is -2.35. The van der Waals surface area contributed by atoms with Crippen LogP contribution in [0.3, 0.4) is 0 Å². The highest BCUT2D eigenvalue weighted by Gasteiger charge is 2.46. The summed E-state index contributed by atoms with van der Waals surface area (Å²) in [5.41, 5.74) is 3.99. The van der Waals surface area contributed by atoms with Crippen LogP contribution in [0, 0.1) is 11.3 Å². The highest BCUT2D eigenvalue weighted by atomic mass is 35.5. The third-order valence-electron chi connectivity index (χ3n) is 5.45. The van der Waals surface area contributed by atoms with Crippen LogP contribution >= 0.6 is 11.6 Å². The normalized spacial score (nSPS) is 25.3. The smallest absolute Gasteiger partial charge is 0.0856 e. The maximum absolute atomic E-state index is 6.11. The molecule has 2 aliphatic rings. The fourth-order valence-corrected chi connectivity index (χ4v) is 4.35. The summed E-state index contributed by atoms with van der Waals surface area (Å²) in [5, 5.41) is 8.15. The van der Waals surface area contributed by atoms with Gasteiger partial charge in [0.05, 0.1) is 11.7 Å². The quantitative estimate of drug-likeness (QED) is 0.647. The molecule has 1 aliphatic heterocycles. The molecule has 1 heterocycles. The van der Waals surface area contributed by atoms with Gasteiger partial charge in [-0.05, 0) is 42.7 Å². The van der Waals surface area contributed by atoms with Gasteiger partial charge < -0.3 is 0 Å². The van der Waals surface area contributed by atoms with Crippen LogP contribution in [0.2, 0.25) is 5.02 Å². The predicted octanol–water partition coefficient (Wildman–Crippen LogP) is 6.08. The Kier molecular flexibility index (Phi) is 3.88. The lowest BCUT2D eigenvalue weighted by atomic mass is 9.68. The maximum atomic E-state index is 6.11. The Labute approximate surface area is 149 Å². The summed E-state index contributed by atoms with van der Waals surface area (Å²) in [6, 6.07) is 19.1. The Balaban J connectivity index is 1.81. The second-order valence-electron chi connectivity index (χ2n) is 7.54. The van der Waals surface area contributed by atoms with E-state index < -0.39 is 0 Å². The van der Waals surface area contributed by atoms with E-state index in [9.17, 15) is 0 Å². The Morgan fingerprint density at radius 2 is 1.75 bits per heavy atom. The zero-order chi connectivity index (χ0) is 16.7. The number of anilines is 1. The van der Waals surface area contributed by atoms with Crippen molar-refractivity contribution >= 4 is 23.0 Å². The summed E-state index contributed by atoms with van der Waals surface area (Å²) in [6.07, 6.45) is 3.70. The molecule has 124 valence electrons. The van der Waals surface area contributed by atoms with Crippen molar-refractivity contribution in [1.82, 2.24) is 0 Å². The van der Waals surface area contributed by atoms with Gasteiger partial charge in [0.2, 0.25) is 0 Å². The van der Waals surface area contributed by atoms with E-state index >= 15 is 0 Å². The molecular weight excluding hydrogens is 316 g/mol. The Morgan fingerprint density at radius 1 is 1.04 bits per heavy atom. The fourth-order valence-electron chi connectivity index (χ4n) is 4.23. The molecule has 2 aromatic rings. The van der Waals surface area contributed by atoms with E-state index in [1.807, 2.05) is 12.1 Å². The number of halogens is 1. The number of benzene rings is 2. The highest BCUT2D eigenvalue weighted by Crippen LogP contribution is 2.49. The molecular formula is C21H23ClN2. The second-order valence-corrected chi connectivity index (χ2v) is 7.98. The average molecular weight is 339 g/mol. The SMILES string of the molecule is CC1(C)CCCC2C1=NN(c1ccccc1)C2c1ccc(Cl)cc1. The Hall–Kier alpha value is -1.80. The van der Waals surface area contributed by atoms with E-state index in [1.54, 1.807) is 0 Å². The highest BCUT2D eigenvalue weighted by molar-refractivity contribution is 6.30. The summed E-state index contributed by atoms with van der Waals surface area (Å²) in [5.74, 6) is 0.482. The van der Waals surface area contributed by atoms with Gasteiger partial charge in [0.25, 0.3) is 0 Å². The monoisotopic (exact) mass is 338 g/mol. The van der Waals surface area contributed by atoms with Crippen LogP contribution in [-0.4, -0.2) is 5.71 Å². The van der Waals surface area contributed by atoms with Gasteiger partial charge in [-0.25, -0.2) is 0 Å². The van der Waals surface area contributed by atoms with Gasteiger partial charge >= 0.3 is 0 Å². The lowest BCUT2D eigenvalue weighted by molar-refractivity contribution is 0.351. The number of nitrogens with zero attached hydrogens (tertiary/aromatic N) is 2. The van der Waals surface area contributed by atoms with Gasteiger partial charge in [0.15, 0.2) is 0 Å². The molecule has 4 rings (SSSR count). The van der Waals surface area contributed by atoms with Gasteiger partial charge in [0, 0.05) is 22.1 Å². The van der Waals surface area contributed by atoms with E-state index in [2.05, 4.69) is 61.3 Å². The molecule has 1 aliphatic carbocycles. The van der Waals surface area contributed by atoms with Crippen molar-refractivity contribution in [3.8, 4) is 0 Å². The van der Waals surface area contributed by atoms with Gasteiger partial charge in [-0.3, -0.25) is 5.01 Å². The minimum absolute atomic E-state index is 0.178. The molecule has 24 heavy (non-hydrogen) atoms. The van der Waals surface area contributed by atoms with Crippen molar-refractivity contribution in [1.29, 1.82) is 0 Å². The summed E-state index contributed by atoms with van der Waals surface area (Å²) in [7, 11) is 0. The largest absolute Gasteiger partial charge is 0.257 e. The first-order valence-electron chi connectivity index (χ1n) is 8.75. The zero-order valence-corrected chi connectivity index (χ0v) is 15.0. The van der Waals surface area contributed by atoms with Crippen LogP contribution in [0.5, 0.6) is 0 Å². The molecule has 0 saturated heterocycles. The summed E-state index contributed by atoms with van der Waals surface area (Å²) in [4.78, 5) is 0. The first-order chi connectivity index (χ1) is 11.6. The fraction of sp³-hybridized carbons (Fsp3) is 0.381. The molecule has 2 aromatic carbocycles. The van der Waals surface area contributed by atoms with Crippen LogP contribution in [0.4, 0.5) is 5.69 Å². The van der Waals surface area contributed by atoms with Crippen LogP contribution in [0.1, 0.15) is 44.7 Å². The van der Waals surface area contributed by atoms with Crippen LogP contribution in [0.25, 0.3) is 0 Å². The molecule has 0 N–H and O–H groups in total. The molecule has 0 spiro atoms. The molecule has 2 atom stereocenters. The number of hydrazone groups is 1. The molecule has 0 aromatic heterocycles. The Morgan fingerprint density at radius 3 is 2.46 bits per heavy atom. The molecule has 1 saturated carbocycles. The first-order valence-corrected chi connectivity index (χ1v) is 9.13. The minimum Gasteiger partial charge on any atom is -0.257 e. The standard InChI is InChI=1S/C21H23ClN2/c1-21(2)14-6-9-18-19(15-10-12-16(22)13-11-15)24(23-20(18)21)17-7-4-3-5-8-17/h3-5,7-8,10-13,18-19H,6,9,14H2,1-2H3. The second kappa shape index (κ2) is 5.93. The van der Waals surface area contributed by atoms with Crippen molar-refractivity contribution in [2.24, 2.45) is 16.4 Å². The first kappa shape index (κ1) is 15.7. The average Bonchev–Trinajstić information content (AvgIpc) is 2.97. The van der Waals surface area contributed by atoms with E-state index in [-0.39, 0.29) is 11.5 Å². The molecule has 0 radical (unpaired) electrons. The topological polar surface area (TPSA) is 15.6 Å². The minimum atomic E-state index is 0.178. The van der Waals surface area contributed by atoms with Crippen molar-refractivity contribution in [2.45, 2.75) is 39.2 Å². The third kappa shape index (κ3) is 2.63. The molecule has 0 amide bonds. The van der Waals surface area contributed by atoms with Crippen LogP contribution in [0.15, 0.2) is 59.7 Å². The van der Waals surface area contributed by atoms with Gasteiger partial charge in [-0.15, -0.1) is 0 Å². The number of fused-ring (bicyclic) bond motifs is 1. The van der Waals surface area contributed by atoms with Crippen LogP contribution in [-0.2, 0) is 0 Å². The van der Waals surface area contributed by atoms with E-state index in [0.717, 1.165) is 10.7 Å². The predicted molar refractivity (Wildman–Crippen MR) is 102 cm³/mol. The van der Waals surface area contributed by atoms with E-state index in [1.165, 1.54) is 30.5 Å². The van der Waals surface area contributed by atoms with Crippen molar-refractivity contribution in [3.63, 3.8) is 0 Å². The van der Waals surface area contributed by atoms with E-state index in [4.69, 9.17) is 16.7 Å². The summed E-state index contributed by atoms with van der Waals surface area (Å²) >= 11 is 6.11. The molecule has 2 unspecified atom stereocenters. The zero-order valence-electron chi connectivity index (χ0n) is 14.2. The van der Waals surface area contributed by atoms with Gasteiger partial charge in [-0.1, -0.05) is 62.2 Å². The number of hydrogen-bond donors (Lipinski definition) is 0. The molecule has 2 nitrogen and oxygen atoms in total. The van der Waals surface area contributed by atoms with Gasteiger partial charge in [0.1, 0.15) is 0 Å². The van der Waals surface area contributed by atoms with Crippen molar-refractivity contribution in [2.75, 3.05) is 5.01 Å². The van der Waals surface area contributed by atoms with Crippen molar-refractivity contribution in [3.05, 3.63) is 65.2 Å². The van der Waals surface area contributed by atoms with Crippen molar-refractivity contribution < 1.29 is 0 Å². The van der Waals surface area contributed by atoms with Crippen LogP contribution < -0.4 is 5.01 Å². The summed E-state index contributed by atoms with van der Waals surface area (Å²) < 4.78 is 0. The molecule has 3 heteroatoms. The number of para-hydroxylation sites is 1. The van der Waals surface area contributed by atoms with E-state index in [0.29, 0.717) is 5.92 Å². The Bertz CT molecular complexity index is 749. The molecule has 0 bridgehead atoms.